The van der Waals surface area contributed by atoms with Crippen molar-refractivity contribution in [3.63, 3.8) is 0 Å². The molecule has 1 N–H and O–H groups in total. The Bertz CT molecular complexity index is 804. The van der Waals surface area contributed by atoms with Gasteiger partial charge < -0.3 is 14.8 Å². The summed E-state index contributed by atoms with van der Waals surface area (Å²) < 4.78 is 10.6. The Hall–Kier alpha value is -2.57. The minimum absolute atomic E-state index is 0.0755. The molecule has 1 saturated heterocycles. The summed E-state index contributed by atoms with van der Waals surface area (Å²) in [6, 6.07) is 16.0. The number of carbonyl (C=O) groups excluding carboxylic acids is 1. The molecule has 6 heteroatoms. The second-order valence-electron chi connectivity index (χ2n) is 7.50. The van der Waals surface area contributed by atoms with E-state index in [0.29, 0.717) is 17.1 Å². The lowest BCUT2D eigenvalue weighted by Crippen LogP contribution is -2.50. The first-order valence-corrected chi connectivity index (χ1v) is 9.86. The van der Waals surface area contributed by atoms with Gasteiger partial charge in [-0.1, -0.05) is 30.3 Å². The van der Waals surface area contributed by atoms with Gasteiger partial charge >= 0.3 is 0 Å². The Morgan fingerprint density at radius 1 is 1.00 bits per heavy atom. The molecule has 2 heterocycles. The Morgan fingerprint density at radius 3 is 2.50 bits per heavy atom. The van der Waals surface area contributed by atoms with Crippen LogP contribution in [-0.4, -0.2) is 61.3 Å². The predicted molar refractivity (Wildman–Crippen MR) is 108 cm³/mol. The Morgan fingerprint density at radius 2 is 1.71 bits per heavy atom. The number of carbonyl (C=O) groups is 1. The number of hydrogen-bond acceptors (Lipinski definition) is 5. The first-order valence-electron chi connectivity index (χ1n) is 9.86. The lowest BCUT2D eigenvalue weighted by molar-refractivity contribution is 0.0900. The van der Waals surface area contributed by atoms with E-state index in [4.69, 9.17) is 9.47 Å². The number of benzene rings is 2. The largest absolute Gasteiger partial charge is 0.454 e. The van der Waals surface area contributed by atoms with Gasteiger partial charge in [0.2, 0.25) is 6.79 Å². The molecule has 2 aliphatic heterocycles. The maximum Gasteiger partial charge on any atom is 0.251 e. The number of nitrogens with zero attached hydrogens (tertiary/aromatic N) is 2. The fourth-order valence-electron chi connectivity index (χ4n) is 3.75. The molecule has 1 fully saturated rings. The van der Waals surface area contributed by atoms with Gasteiger partial charge in [0.05, 0.1) is 0 Å². The van der Waals surface area contributed by atoms with Crippen LogP contribution in [0.4, 0.5) is 0 Å². The smallest absolute Gasteiger partial charge is 0.251 e. The molecule has 1 atom stereocenters. The van der Waals surface area contributed by atoms with E-state index in [9.17, 15) is 4.79 Å². The lowest BCUT2D eigenvalue weighted by Gasteiger charge is -2.36. The van der Waals surface area contributed by atoms with E-state index in [-0.39, 0.29) is 18.7 Å². The average molecular weight is 381 g/mol. The fourth-order valence-corrected chi connectivity index (χ4v) is 3.75. The Labute approximate surface area is 166 Å². The molecule has 6 nitrogen and oxygen atoms in total. The van der Waals surface area contributed by atoms with Crippen molar-refractivity contribution in [2.24, 2.45) is 0 Å². The van der Waals surface area contributed by atoms with E-state index in [1.54, 1.807) is 18.2 Å². The summed E-state index contributed by atoms with van der Waals surface area (Å²) >= 11 is 0. The summed E-state index contributed by atoms with van der Waals surface area (Å²) in [6.07, 6.45) is 0. The molecule has 4 rings (SSSR count). The second-order valence-corrected chi connectivity index (χ2v) is 7.50. The summed E-state index contributed by atoms with van der Waals surface area (Å²) in [4.78, 5) is 17.4. The topological polar surface area (TPSA) is 54.0 Å². The quantitative estimate of drug-likeness (QED) is 0.833. The molecule has 0 radical (unpaired) electrons. The molecule has 0 aromatic heterocycles. The maximum absolute atomic E-state index is 12.5. The molecule has 2 aromatic rings. The molecule has 0 unspecified atom stereocenters. The van der Waals surface area contributed by atoms with Crippen LogP contribution in [0.1, 0.15) is 22.8 Å². The van der Waals surface area contributed by atoms with Crippen molar-refractivity contribution >= 4 is 5.91 Å². The average Bonchev–Trinajstić information content (AvgIpc) is 3.18. The molecule has 0 saturated carbocycles. The highest BCUT2D eigenvalue weighted by atomic mass is 16.7. The van der Waals surface area contributed by atoms with Gasteiger partial charge in [-0.3, -0.25) is 14.6 Å². The minimum atomic E-state index is -0.0755. The van der Waals surface area contributed by atoms with Gasteiger partial charge in [-0.15, -0.1) is 0 Å². The lowest BCUT2D eigenvalue weighted by atomic mass is 10.1. The van der Waals surface area contributed by atoms with E-state index in [1.165, 1.54) is 5.56 Å². The number of piperazine rings is 1. The van der Waals surface area contributed by atoms with Crippen LogP contribution >= 0.6 is 0 Å². The van der Waals surface area contributed by atoms with Crippen molar-refractivity contribution in [3.05, 3.63) is 59.7 Å². The monoisotopic (exact) mass is 381 g/mol. The highest BCUT2D eigenvalue weighted by Crippen LogP contribution is 2.32. The number of nitrogens with one attached hydrogen (secondary N) is 1. The zero-order valence-corrected chi connectivity index (χ0v) is 16.3. The molecule has 2 aliphatic rings. The van der Waals surface area contributed by atoms with Crippen LogP contribution in [0.25, 0.3) is 0 Å². The molecule has 28 heavy (non-hydrogen) atoms. The van der Waals surface area contributed by atoms with Gasteiger partial charge in [0.15, 0.2) is 11.5 Å². The van der Waals surface area contributed by atoms with Crippen LogP contribution in [0.15, 0.2) is 48.5 Å². The normalized spacial score (nSPS) is 18.0. The van der Waals surface area contributed by atoms with Crippen molar-refractivity contribution in [1.82, 2.24) is 15.1 Å². The highest BCUT2D eigenvalue weighted by Gasteiger charge is 2.21. The number of rotatable bonds is 6. The number of fused-ring (bicyclic) bond motifs is 1. The first-order chi connectivity index (χ1) is 13.7. The van der Waals surface area contributed by atoms with E-state index in [2.05, 4.69) is 52.4 Å². The third-order valence-corrected chi connectivity index (χ3v) is 5.26. The minimum Gasteiger partial charge on any atom is -0.454 e. The summed E-state index contributed by atoms with van der Waals surface area (Å²) in [7, 11) is 0. The van der Waals surface area contributed by atoms with Crippen LogP contribution in [-0.2, 0) is 6.54 Å². The van der Waals surface area contributed by atoms with Crippen molar-refractivity contribution in [2.45, 2.75) is 19.5 Å². The summed E-state index contributed by atoms with van der Waals surface area (Å²) in [5.74, 6) is 1.25. The van der Waals surface area contributed by atoms with Crippen molar-refractivity contribution < 1.29 is 14.3 Å². The van der Waals surface area contributed by atoms with E-state index in [1.807, 2.05) is 0 Å². The summed E-state index contributed by atoms with van der Waals surface area (Å²) in [5, 5.41) is 3.10. The van der Waals surface area contributed by atoms with Gasteiger partial charge in [0.25, 0.3) is 5.91 Å². The molecule has 148 valence electrons. The van der Waals surface area contributed by atoms with Gasteiger partial charge in [-0.05, 0) is 30.7 Å². The van der Waals surface area contributed by atoms with Crippen molar-refractivity contribution in [2.75, 3.05) is 39.5 Å². The van der Waals surface area contributed by atoms with Gasteiger partial charge in [0, 0.05) is 50.9 Å². The number of amides is 1. The van der Waals surface area contributed by atoms with Crippen LogP contribution in [0.3, 0.4) is 0 Å². The van der Waals surface area contributed by atoms with Crippen LogP contribution < -0.4 is 14.8 Å². The van der Waals surface area contributed by atoms with Crippen LogP contribution in [0.5, 0.6) is 11.5 Å². The Balaban J connectivity index is 1.22. The second kappa shape index (κ2) is 8.63. The summed E-state index contributed by atoms with van der Waals surface area (Å²) in [5.41, 5.74) is 1.96. The predicted octanol–water partition coefficient (Wildman–Crippen LogP) is 2.35. The van der Waals surface area contributed by atoms with Gasteiger partial charge in [0.1, 0.15) is 0 Å². The van der Waals surface area contributed by atoms with Crippen LogP contribution in [0.2, 0.25) is 0 Å². The number of hydrogen-bond donors (Lipinski definition) is 1. The van der Waals surface area contributed by atoms with Crippen molar-refractivity contribution in [3.8, 4) is 11.5 Å². The zero-order valence-electron chi connectivity index (χ0n) is 16.3. The first kappa shape index (κ1) is 18.8. The van der Waals surface area contributed by atoms with E-state index >= 15 is 0 Å². The third kappa shape index (κ3) is 4.64. The molecular formula is C22H27N3O3. The SMILES string of the molecule is C[C@@H](CN1CCN(Cc2ccccc2)CC1)NC(=O)c1ccc2c(c1)OCO2. The van der Waals surface area contributed by atoms with E-state index < -0.39 is 0 Å². The highest BCUT2D eigenvalue weighted by molar-refractivity contribution is 5.95. The standard InChI is InChI=1S/C22H27N3O3/c1-17(23-22(26)19-7-8-20-21(13-19)28-16-27-20)14-24-9-11-25(12-10-24)15-18-5-3-2-4-6-18/h2-8,13,17H,9-12,14-16H2,1H3,(H,23,26)/t17-/m0/s1. The van der Waals surface area contributed by atoms with E-state index in [0.717, 1.165) is 39.3 Å². The molecule has 0 aliphatic carbocycles. The van der Waals surface area contributed by atoms with Crippen molar-refractivity contribution in [1.29, 1.82) is 0 Å². The van der Waals surface area contributed by atoms with Crippen LogP contribution in [0, 0.1) is 0 Å². The molecule has 0 bridgehead atoms. The number of ether oxygens (including phenoxy) is 2. The third-order valence-electron chi connectivity index (χ3n) is 5.26. The van der Waals surface area contributed by atoms with Gasteiger partial charge in [-0.25, -0.2) is 0 Å². The zero-order chi connectivity index (χ0) is 19.3. The molecule has 0 spiro atoms. The molecule has 2 aromatic carbocycles. The molecule has 1 amide bonds. The Kier molecular flexibility index (Phi) is 5.78. The maximum atomic E-state index is 12.5. The van der Waals surface area contributed by atoms with Gasteiger partial charge in [-0.2, -0.15) is 0 Å². The fraction of sp³-hybridized carbons (Fsp3) is 0.409. The molecular weight excluding hydrogens is 354 g/mol. The summed E-state index contributed by atoms with van der Waals surface area (Å²) in [6.45, 7) is 8.29.